The van der Waals surface area contributed by atoms with Gasteiger partial charge in [-0.3, -0.25) is 14.4 Å². The number of benzene rings is 4. The van der Waals surface area contributed by atoms with Crippen molar-refractivity contribution in [1.29, 1.82) is 0 Å². The van der Waals surface area contributed by atoms with Crippen molar-refractivity contribution in [2.24, 2.45) is 0 Å². The summed E-state index contributed by atoms with van der Waals surface area (Å²) < 4.78 is 36.9. The number of aliphatic hydroxyl groups is 3. The second-order valence-electron chi connectivity index (χ2n) is 19.8. The van der Waals surface area contributed by atoms with Crippen LogP contribution in [0.3, 0.4) is 0 Å². The SMILES string of the molecule is CC(=O)CC(=O)CC(O)/C=C/c1c(-c2ccc(F)cc2)c2ccccc2n1C(C)C.CC(=O)C[C@H](O)C[C@H](O)/C=C/c1c(-c2ccc(F)cc2)c2ccccc2n1C(C)C.COB1C2CCCC1CCC2. The number of ketones is 3. The summed E-state index contributed by atoms with van der Waals surface area (Å²) in [6, 6.07) is 29.1. The molecule has 0 amide bonds. The van der Waals surface area contributed by atoms with Gasteiger partial charge in [0.1, 0.15) is 29.0 Å². The van der Waals surface area contributed by atoms with Crippen LogP contribution in [0.1, 0.15) is 129 Å². The van der Waals surface area contributed by atoms with E-state index in [-0.39, 0.29) is 66.8 Å². The van der Waals surface area contributed by atoms with Gasteiger partial charge in [-0.15, -0.1) is 0 Å². The number of hydrogen-bond donors (Lipinski definition) is 3. The molecule has 376 valence electrons. The Bertz CT molecular complexity index is 2770. The van der Waals surface area contributed by atoms with Gasteiger partial charge in [0.15, 0.2) is 0 Å². The Hall–Kier alpha value is -5.79. The van der Waals surface area contributed by atoms with Crippen LogP contribution in [-0.4, -0.2) is 74.1 Å². The Kier molecular flexibility index (Phi) is 19.6. The van der Waals surface area contributed by atoms with E-state index in [2.05, 4.69) is 36.8 Å². The van der Waals surface area contributed by atoms with Gasteiger partial charge in [-0.1, -0.05) is 111 Å². The highest BCUT2D eigenvalue weighted by atomic mass is 19.1. The second kappa shape index (κ2) is 25.6. The van der Waals surface area contributed by atoms with E-state index in [1.807, 2.05) is 67.8 Å². The minimum Gasteiger partial charge on any atom is -0.438 e. The van der Waals surface area contributed by atoms with Crippen LogP contribution in [0.4, 0.5) is 8.78 Å². The monoisotopic (exact) mass is 969 g/mol. The molecule has 0 aliphatic carbocycles. The average Bonchev–Trinajstić information content (AvgIpc) is 3.83. The van der Waals surface area contributed by atoms with Gasteiger partial charge < -0.3 is 29.1 Å². The maximum absolute atomic E-state index is 13.5. The standard InChI is InChI=1S/C25H28FNO3.C25H26FNO3.C9H17BO/c2*1-16(2)27-23-7-5-4-6-22(23)25(18-8-10-19(26)11-9-18)24(27)13-12-20(29)15-21(30)14-17(3)28;1-11-10-8-4-2-5-9(10)7-3-6-8/h4-13,16,20-21,29-30H,14-15H2,1-3H3;4-13,16,20,29H,14-15H2,1-3H3;8-9H,2-7H2,1H3/b2*13-12+;/t20-,21+;;/m1../s1. The summed E-state index contributed by atoms with van der Waals surface area (Å²) in [5.74, 6) is 0.607. The Balaban J connectivity index is 0.000000191. The minimum atomic E-state index is -0.989. The zero-order valence-corrected chi connectivity index (χ0v) is 42.4. The molecule has 2 fully saturated rings. The molecule has 1 unspecified atom stereocenters. The number of carbonyl (C=O) groups excluding carboxylic acids is 3. The molecule has 2 aromatic heterocycles. The van der Waals surface area contributed by atoms with E-state index in [9.17, 15) is 38.5 Å². The first kappa shape index (κ1) is 54.5. The van der Waals surface area contributed by atoms with Crippen molar-refractivity contribution in [1.82, 2.24) is 9.13 Å². The summed E-state index contributed by atoms with van der Waals surface area (Å²) in [5.41, 5.74) is 7.52. The number of hydrogen-bond acceptors (Lipinski definition) is 7. The fraction of sp³-hybridized carbons (Fsp3) is 0.407. The number of para-hydroxylation sites is 2. The molecular weight excluding hydrogens is 897 g/mol. The molecule has 2 bridgehead atoms. The van der Waals surface area contributed by atoms with Crippen LogP contribution in [0.5, 0.6) is 0 Å². The van der Waals surface area contributed by atoms with Gasteiger partial charge in [-0.25, -0.2) is 8.78 Å². The Morgan fingerprint density at radius 2 is 1.06 bits per heavy atom. The van der Waals surface area contributed by atoms with Gasteiger partial charge in [0, 0.05) is 82.8 Å². The molecule has 71 heavy (non-hydrogen) atoms. The van der Waals surface area contributed by atoms with Crippen molar-refractivity contribution in [3.63, 3.8) is 0 Å². The zero-order valence-electron chi connectivity index (χ0n) is 42.4. The van der Waals surface area contributed by atoms with E-state index in [1.165, 1.54) is 76.6 Å². The summed E-state index contributed by atoms with van der Waals surface area (Å²) >= 11 is 0. The van der Waals surface area contributed by atoms with Crippen molar-refractivity contribution in [2.45, 2.75) is 148 Å². The molecule has 4 heterocycles. The van der Waals surface area contributed by atoms with Crippen molar-refractivity contribution in [2.75, 3.05) is 7.11 Å². The number of aliphatic hydroxyl groups excluding tert-OH is 3. The highest BCUT2D eigenvalue weighted by Crippen LogP contribution is 2.46. The van der Waals surface area contributed by atoms with Crippen LogP contribution in [0.25, 0.3) is 56.2 Å². The van der Waals surface area contributed by atoms with E-state index in [1.54, 1.807) is 36.4 Å². The smallest absolute Gasteiger partial charge is 0.298 e. The third-order valence-corrected chi connectivity index (χ3v) is 13.6. The number of aromatic nitrogens is 2. The molecule has 2 aliphatic rings. The number of Topliss-reactive ketones (excluding diaryl/α,β-unsaturated/α-hetero) is 3. The molecule has 8 rings (SSSR count). The first-order valence-corrected chi connectivity index (χ1v) is 25.2. The van der Waals surface area contributed by atoms with Gasteiger partial charge >= 0.3 is 0 Å². The van der Waals surface area contributed by atoms with E-state index in [0.717, 1.165) is 67.1 Å². The van der Waals surface area contributed by atoms with Crippen molar-refractivity contribution >= 4 is 58.2 Å². The fourth-order valence-electron chi connectivity index (χ4n) is 10.7. The van der Waals surface area contributed by atoms with Crippen molar-refractivity contribution in [3.8, 4) is 22.3 Å². The highest BCUT2D eigenvalue weighted by molar-refractivity contribution is 6.55. The van der Waals surface area contributed by atoms with Gasteiger partial charge in [0.2, 0.25) is 0 Å². The summed E-state index contributed by atoms with van der Waals surface area (Å²) in [5, 5.41) is 32.7. The highest BCUT2D eigenvalue weighted by Gasteiger charge is 2.40. The van der Waals surface area contributed by atoms with E-state index < -0.39 is 18.3 Å². The van der Waals surface area contributed by atoms with E-state index >= 15 is 0 Å². The third kappa shape index (κ3) is 14.2. The molecule has 4 aromatic carbocycles. The second-order valence-corrected chi connectivity index (χ2v) is 19.8. The zero-order chi connectivity index (χ0) is 51.4. The number of halogens is 2. The molecule has 2 saturated heterocycles. The Labute approximate surface area is 418 Å². The molecule has 3 N–H and O–H groups in total. The van der Waals surface area contributed by atoms with Crippen molar-refractivity contribution in [3.05, 3.63) is 132 Å². The van der Waals surface area contributed by atoms with Crippen LogP contribution in [-0.2, 0) is 19.0 Å². The molecule has 0 saturated carbocycles. The molecule has 0 spiro atoms. The maximum atomic E-state index is 13.5. The summed E-state index contributed by atoms with van der Waals surface area (Å²) in [6.07, 6.45) is 12.6. The molecule has 0 radical (unpaired) electrons. The minimum absolute atomic E-state index is 0.0258. The summed E-state index contributed by atoms with van der Waals surface area (Å²) in [7, 11) is 1.89. The largest absolute Gasteiger partial charge is 0.438 e. The molecule has 6 aromatic rings. The summed E-state index contributed by atoms with van der Waals surface area (Å²) in [4.78, 5) is 34.1. The molecule has 9 nitrogen and oxygen atoms in total. The van der Waals surface area contributed by atoms with Gasteiger partial charge in [0.05, 0.1) is 24.7 Å². The molecule has 2 aliphatic heterocycles. The lowest BCUT2D eigenvalue weighted by molar-refractivity contribution is -0.126. The number of fused-ring (bicyclic) bond motifs is 4. The lowest BCUT2D eigenvalue weighted by Gasteiger charge is -2.38. The van der Waals surface area contributed by atoms with E-state index in [4.69, 9.17) is 4.65 Å². The van der Waals surface area contributed by atoms with Crippen molar-refractivity contribution < 1.29 is 43.1 Å². The predicted molar refractivity (Wildman–Crippen MR) is 284 cm³/mol. The normalized spacial score (nSPS) is 17.1. The Morgan fingerprint density at radius 1 is 0.634 bits per heavy atom. The average molecular weight is 969 g/mol. The maximum Gasteiger partial charge on any atom is 0.298 e. The van der Waals surface area contributed by atoms with Gasteiger partial charge in [-0.05, 0) is 113 Å². The number of carbonyl (C=O) groups is 3. The van der Waals surface area contributed by atoms with Crippen LogP contribution in [0, 0.1) is 11.6 Å². The summed E-state index contributed by atoms with van der Waals surface area (Å²) in [6.45, 7) is 11.7. The third-order valence-electron chi connectivity index (χ3n) is 13.6. The molecule has 12 heteroatoms. The Morgan fingerprint density at radius 3 is 1.44 bits per heavy atom. The van der Waals surface area contributed by atoms with Gasteiger partial charge in [-0.2, -0.15) is 0 Å². The first-order valence-electron chi connectivity index (χ1n) is 25.2. The van der Waals surface area contributed by atoms with Crippen LogP contribution in [0.15, 0.2) is 109 Å². The lowest BCUT2D eigenvalue weighted by Crippen LogP contribution is -2.36. The number of nitrogens with zero attached hydrogens (tertiary/aromatic N) is 2. The predicted octanol–water partition coefficient (Wildman–Crippen LogP) is 13.2. The van der Waals surface area contributed by atoms with Gasteiger partial charge in [0.25, 0.3) is 6.92 Å². The van der Waals surface area contributed by atoms with Crippen LogP contribution in [0.2, 0.25) is 11.6 Å². The molecular formula is C59H71BF2N2O7. The molecule has 3 atom stereocenters. The topological polar surface area (TPSA) is 131 Å². The fourth-order valence-corrected chi connectivity index (χ4v) is 10.7. The van der Waals surface area contributed by atoms with Crippen LogP contribution < -0.4 is 0 Å². The first-order chi connectivity index (χ1) is 34.0. The number of rotatable bonds is 17. The van der Waals surface area contributed by atoms with E-state index in [0.29, 0.717) is 6.92 Å². The van der Waals surface area contributed by atoms with Crippen LogP contribution >= 0.6 is 0 Å². The quantitative estimate of drug-likeness (QED) is 0.0613. The lowest BCUT2D eigenvalue weighted by atomic mass is 9.38.